The van der Waals surface area contributed by atoms with Crippen LogP contribution in [0.15, 0.2) is 53.9 Å². The summed E-state index contributed by atoms with van der Waals surface area (Å²) in [5, 5.41) is 2.82. The number of methoxy groups -OCH3 is 1. The lowest BCUT2D eigenvalue weighted by molar-refractivity contribution is 0.415. The van der Waals surface area contributed by atoms with Crippen LogP contribution in [-0.4, -0.2) is 19.1 Å². The first kappa shape index (κ1) is 14.5. The Labute approximate surface area is 123 Å². The van der Waals surface area contributed by atoms with Crippen LogP contribution in [0.5, 0.6) is 5.75 Å². The van der Waals surface area contributed by atoms with E-state index < -0.39 is 0 Å². The molecule has 1 aromatic rings. The van der Waals surface area contributed by atoms with Crippen LogP contribution in [-0.2, 0) is 0 Å². The van der Waals surface area contributed by atoms with Gasteiger partial charge < -0.3 is 14.5 Å². The van der Waals surface area contributed by atoms with E-state index in [4.69, 9.17) is 4.74 Å². The molecule has 0 atom stereocenters. The molecule has 0 radical (unpaired) electrons. The average molecular weight is 359 g/mol. The third kappa shape index (κ3) is 2.81. The maximum atomic E-state index is 10.4. The fourth-order valence-corrected chi connectivity index (χ4v) is 1.67. The fraction of sp³-hybridized carbons (Fsp3) is 0.167. The second-order valence-electron chi connectivity index (χ2n) is 3.57. The smallest absolute Gasteiger partial charge is 0.139 e. The van der Waals surface area contributed by atoms with Crippen molar-refractivity contribution in [2.45, 2.75) is 0 Å². The Morgan fingerprint density at radius 2 is 2.11 bits per heavy atom. The zero-order valence-electron chi connectivity index (χ0n) is 10.1. The highest BCUT2D eigenvalue weighted by atomic mass is 127. The van der Waals surface area contributed by atoms with Gasteiger partial charge in [0.05, 0.1) is 12.8 Å². The van der Waals surface area contributed by atoms with Gasteiger partial charge in [-0.2, -0.15) is 0 Å². The number of hydrogen-bond acceptors (Lipinski definition) is 5. The number of nitroso groups, excluding NO2 is 1. The van der Waals surface area contributed by atoms with Crippen LogP contribution in [0.25, 0.3) is 0 Å². The first-order valence-corrected chi connectivity index (χ1v) is 5.13. The molecule has 96 valence electrons. The molecule has 0 spiro atoms. The molecule has 1 aliphatic rings. The summed E-state index contributed by atoms with van der Waals surface area (Å²) in [5.74, 6) is 1.47. The molecule has 0 N–H and O–H groups in total. The molecule has 0 bridgehead atoms. The highest BCUT2D eigenvalue weighted by molar-refractivity contribution is 14.0. The van der Waals surface area contributed by atoms with E-state index in [2.05, 4.69) is 5.18 Å². The summed E-state index contributed by atoms with van der Waals surface area (Å²) in [5.41, 5.74) is 0.917. The third-order valence-corrected chi connectivity index (χ3v) is 2.55. The number of ether oxygens (including phenoxy) is 1. The summed E-state index contributed by atoms with van der Waals surface area (Å²) >= 11 is 0. The van der Waals surface area contributed by atoms with Crippen molar-refractivity contribution in [3.05, 3.63) is 53.6 Å². The molecular weight excluding hydrogens is 345 g/mol. The Morgan fingerprint density at radius 3 is 2.78 bits per heavy atom. The van der Waals surface area contributed by atoms with Crippen molar-refractivity contribution in [3.63, 3.8) is 0 Å². The zero-order valence-corrected chi connectivity index (χ0v) is 12.4. The average Bonchev–Trinajstić information content (AvgIpc) is 2.72. The van der Waals surface area contributed by atoms with E-state index in [1.54, 1.807) is 7.11 Å². The minimum atomic E-state index is 0. The second-order valence-corrected chi connectivity index (χ2v) is 3.57. The lowest BCUT2D eigenvalue weighted by Crippen LogP contribution is -2.19. The Morgan fingerprint density at radius 1 is 1.33 bits per heavy atom. The minimum absolute atomic E-state index is 0. The van der Waals surface area contributed by atoms with E-state index in [0.717, 1.165) is 11.4 Å². The van der Waals surface area contributed by atoms with Crippen molar-refractivity contribution in [1.82, 2.24) is 4.90 Å². The molecule has 5 nitrogen and oxygen atoms in total. The normalized spacial score (nSPS) is 15.8. The van der Waals surface area contributed by atoms with Crippen LogP contribution in [0.2, 0.25) is 0 Å². The molecule has 0 unspecified atom stereocenters. The lowest BCUT2D eigenvalue weighted by atomic mass is 10.3. The highest BCUT2D eigenvalue weighted by Crippen LogP contribution is 2.28. The third-order valence-electron chi connectivity index (χ3n) is 2.55. The van der Waals surface area contributed by atoms with Gasteiger partial charge in [-0.3, -0.25) is 0 Å². The number of halogens is 1. The molecule has 1 heterocycles. The van der Waals surface area contributed by atoms with E-state index >= 15 is 0 Å². The van der Waals surface area contributed by atoms with Gasteiger partial charge in [0.1, 0.15) is 17.8 Å². The molecular formula is C12H14IN3O2. The largest absolute Gasteiger partial charge is 0.497 e. The number of nitrogens with zero attached hydrogens (tertiary/aromatic N) is 3. The number of benzene rings is 1. The molecule has 1 aromatic carbocycles. The van der Waals surface area contributed by atoms with Crippen molar-refractivity contribution in [2.24, 2.45) is 5.18 Å². The summed E-state index contributed by atoms with van der Waals surface area (Å²) in [4.78, 5) is 14.1. The Hall–Kier alpha value is -1.57. The molecule has 0 aliphatic carbocycles. The van der Waals surface area contributed by atoms with Crippen LogP contribution in [0.4, 0.5) is 5.69 Å². The van der Waals surface area contributed by atoms with Gasteiger partial charge in [-0.1, -0.05) is 6.07 Å². The first-order chi connectivity index (χ1) is 8.26. The van der Waals surface area contributed by atoms with Gasteiger partial charge in [-0.05, 0) is 17.3 Å². The standard InChI is InChI=1S/C12H13N3O2.HI/c1-14-6-7-15(12(14)9-13-16)10-4-3-5-11(8-10)17-2;/h3-9H,1-2H3;1H/b12-9+;. The summed E-state index contributed by atoms with van der Waals surface area (Å²) in [7, 11) is 3.47. The van der Waals surface area contributed by atoms with Gasteiger partial charge >= 0.3 is 0 Å². The molecule has 0 fully saturated rings. The van der Waals surface area contributed by atoms with Gasteiger partial charge in [0.25, 0.3) is 0 Å². The van der Waals surface area contributed by atoms with E-state index in [9.17, 15) is 4.91 Å². The van der Waals surface area contributed by atoms with Gasteiger partial charge in [-0.25, -0.2) is 0 Å². The number of hydrogen-bond donors (Lipinski definition) is 0. The molecule has 0 saturated carbocycles. The van der Waals surface area contributed by atoms with Crippen molar-refractivity contribution >= 4 is 29.7 Å². The van der Waals surface area contributed by atoms with Crippen LogP contribution in [0, 0.1) is 4.91 Å². The maximum Gasteiger partial charge on any atom is 0.139 e. The molecule has 1 aliphatic heterocycles. The maximum absolute atomic E-state index is 10.4. The van der Waals surface area contributed by atoms with E-state index in [1.807, 2.05) is 53.5 Å². The number of anilines is 1. The monoisotopic (exact) mass is 359 g/mol. The zero-order chi connectivity index (χ0) is 12.3. The van der Waals surface area contributed by atoms with Gasteiger partial charge in [0, 0.05) is 25.5 Å². The molecule has 2 rings (SSSR count). The van der Waals surface area contributed by atoms with Crippen LogP contribution >= 0.6 is 24.0 Å². The first-order valence-electron chi connectivity index (χ1n) is 5.13. The summed E-state index contributed by atoms with van der Waals surface area (Å²) < 4.78 is 5.17. The predicted molar refractivity (Wildman–Crippen MR) is 81.7 cm³/mol. The second kappa shape index (κ2) is 6.39. The van der Waals surface area contributed by atoms with Crippen LogP contribution < -0.4 is 9.64 Å². The lowest BCUT2D eigenvalue weighted by Gasteiger charge is -2.21. The Kier molecular flexibility index (Phi) is 5.14. The minimum Gasteiger partial charge on any atom is -0.497 e. The van der Waals surface area contributed by atoms with Crippen molar-refractivity contribution in [3.8, 4) is 5.75 Å². The van der Waals surface area contributed by atoms with Crippen molar-refractivity contribution in [2.75, 3.05) is 19.1 Å². The number of rotatable bonds is 3. The van der Waals surface area contributed by atoms with Crippen LogP contribution in [0.1, 0.15) is 0 Å². The van der Waals surface area contributed by atoms with E-state index in [0.29, 0.717) is 5.82 Å². The van der Waals surface area contributed by atoms with Gasteiger partial charge in [0.15, 0.2) is 0 Å². The summed E-state index contributed by atoms with van der Waals surface area (Å²) in [6, 6.07) is 7.59. The van der Waals surface area contributed by atoms with Gasteiger partial charge in [-0.15, -0.1) is 28.9 Å². The van der Waals surface area contributed by atoms with E-state index in [-0.39, 0.29) is 24.0 Å². The molecule has 0 aromatic heterocycles. The Bertz CT molecular complexity index is 488. The van der Waals surface area contributed by atoms with Crippen molar-refractivity contribution in [1.29, 1.82) is 0 Å². The molecule has 0 saturated heterocycles. The quantitative estimate of drug-likeness (QED) is 0.615. The predicted octanol–water partition coefficient (Wildman–Crippen LogP) is 3.10. The molecule has 0 amide bonds. The Balaban J connectivity index is 0.00000162. The van der Waals surface area contributed by atoms with Gasteiger partial charge in [0.2, 0.25) is 0 Å². The fourth-order valence-electron chi connectivity index (χ4n) is 1.67. The molecule has 6 heteroatoms. The van der Waals surface area contributed by atoms with Crippen molar-refractivity contribution < 1.29 is 4.74 Å². The topological polar surface area (TPSA) is 45.1 Å². The molecule has 18 heavy (non-hydrogen) atoms. The highest BCUT2D eigenvalue weighted by Gasteiger charge is 2.18. The van der Waals surface area contributed by atoms with Crippen LogP contribution in [0.3, 0.4) is 0 Å². The summed E-state index contributed by atoms with van der Waals surface area (Å²) in [6.45, 7) is 0. The van der Waals surface area contributed by atoms with E-state index in [1.165, 1.54) is 6.20 Å². The SMILES string of the molecule is COc1cccc(N2C=CN(C)/C2=C\N=O)c1.I. The summed E-state index contributed by atoms with van der Waals surface area (Å²) in [6.07, 6.45) is 5.00.